The molecule has 0 fully saturated rings. The van der Waals surface area contributed by atoms with E-state index < -0.39 is 77.4 Å². The fourth-order valence-electron chi connectivity index (χ4n) is 2.79. The Morgan fingerprint density at radius 1 is 0.935 bits per heavy atom. The minimum atomic E-state index is -4.79. The molecule has 1 heterocycles. The first-order valence-electron chi connectivity index (χ1n) is 8.78. The first-order chi connectivity index (χ1) is 14.4. The van der Waals surface area contributed by atoms with E-state index in [1.165, 1.54) is 13.8 Å². The fraction of sp³-hybridized carbons (Fsp3) is 0.421. The number of nitrogens with zero attached hydrogens (tertiary/aromatic N) is 2. The predicted molar refractivity (Wildman–Crippen MR) is 91.4 cm³/mol. The number of halogens is 7. The van der Waals surface area contributed by atoms with Gasteiger partial charge in [0.1, 0.15) is 6.61 Å². The van der Waals surface area contributed by atoms with E-state index in [1.54, 1.807) is 0 Å². The molecule has 2 rings (SSSR count). The Hall–Kier alpha value is -2.76. The molecular formula is C19H17F7N2O3. The van der Waals surface area contributed by atoms with Gasteiger partial charge in [0, 0.05) is 25.1 Å². The number of rotatable bonds is 7. The number of carbonyl (C=O) groups is 1. The normalized spacial score (nSPS) is 12.9. The van der Waals surface area contributed by atoms with Crippen molar-refractivity contribution in [3.63, 3.8) is 0 Å². The highest BCUT2D eigenvalue weighted by Gasteiger charge is 2.35. The SMILES string of the molecule is COCc1c(F)c(F)c(COC(=O)C(c2cnc(C(F)(F)F)nc2)C(C)C)c(F)c1F. The summed E-state index contributed by atoms with van der Waals surface area (Å²) in [5.74, 6) is -11.1. The molecule has 0 amide bonds. The molecule has 0 aliphatic carbocycles. The Kier molecular flexibility index (Phi) is 7.58. The molecule has 1 unspecified atom stereocenters. The molecule has 1 aromatic heterocycles. The van der Waals surface area contributed by atoms with Gasteiger partial charge in [-0.05, 0) is 5.92 Å². The topological polar surface area (TPSA) is 61.3 Å². The Bertz CT molecular complexity index is 918. The first-order valence-corrected chi connectivity index (χ1v) is 8.78. The minimum absolute atomic E-state index is 0.0400. The van der Waals surface area contributed by atoms with Gasteiger partial charge in [-0.3, -0.25) is 4.79 Å². The van der Waals surface area contributed by atoms with Crippen molar-refractivity contribution in [3.05, 3.63) is 58.2 Å². The van der Waals surface area contributed by atoms with Crippen molar-refractivity contribution in [2.45, 2.75) is 39.2 Å². The quantitative estimate of drug-likeness (QED) is 0.346. The molecule has 2 aromatic rings. The highest BCUT2D eigenvalue weighted by Crippen LogP contribution is 2.30. The van der Waals surface area contributed by atoms with Crippen LogP contribution < -0.4 is 0 Å². The number of aromatic nitrogens is 2. The van der Waals surface area contributed by atoms with Crippen LogP contribution in [-0.4, -0.2) is 23.0 Å². The Balaban J connectivity index is 2.27. The van der Waals surface area contributed by atoms with Crippen LogP contribution in [0.1, 0.15) is 42.3 Å². The molecule has 0 saturated carbocycles. The zero-order valence-electron chi connectivity index (χ0n) is 16.5. The molecule has 12 heteroatoms. The van der Waals surface area contributed by atoms with Gasteiger partial charge in [-0.2, -0.15) is 13.2 Å². The maximum absolute atomic E-state index is 14.2. The number of hydrogen-bond donors (Lipinski definition) is 0. The van der Waals surface area contributed by atoms with Crippen molar-refractivity contribution < 1.29 is 45.0 Å². The Morgan fingerprint density at radius 3 is 1.77 bits per heavy atom. The van der Waals surface area contributed by atoms with Crippen LogP contribution in [0.2, 0.25) is 0 Å². The molecule has 0 bridgehead atoms. The molecular weight excluding hydrogens is 437 g/mol. The van der Waals surface area contributed by atoms with E-state index in [0.717, 1.165) is 19.5 Å². The molecule has 5 nitrogen and oxygen atoms in total. The van der Waals surface area contributed by atoms with Crippen molar-refractivity contribution >= 4 is 5.97 Å². The number of carbonyl (C=O) groups excluding carboxylic acids is 1. The van der Waals surface area contributed by atoms with E-state index in [-0.39, 0.29) is 5.56 Å². The van der Waals surface area contributed by atoms with E-state index in [4.69, 9.17) is 4.74 Å². The third-order valence-corrected chi connectivity index (χ3v) is 4.30. The van der Waals surface area contributed by atoms with Gasteiger partial charge in [-0.15, -0.1) is 0 Å². The minimum Gasteiger partial charge on any atom is -0.460 e. The lowest BCUT2D eigenvalue weighted by Crippen LogP contribution is -2.23. The van der Waals surface area contributed by atoms with Crippen LogP contribution >= 0.6 is 0 Å². The highest BCUT2D eigenvalue weighted by molar-refractivity contribution is 5.78. The average molecular weight is 454 g/mol. The number of ether oxygens (including phenoxy) is 2. The average Bonchev–Trinajstić information content (AvgIpc) is 2.69. The molecule has 0 radical (unpaired) electrons. The van der Waals surface area contributed by atoms with Crippen LogP contribution in [0.25, 0.3) is 0 Å². The summed E-state index contributed by atoms with van der Waals surface area (Å²) in [6.07, 6.45) is -3.23. The molecule has 0 aliphatic rings. The number of benzene rings is 1. The van der Waals surface area contributed by atoms with Gasteiger partial charge < -0.3 is 9.47 Å². The third-order valence-electron chi connectivity index (χ3n) is 4.30. The predicted octanol–water partition coefficient (Wildman–Crippen LogP) is 4.68. The Labute approximate surface area is 172 Å². The van der Waals surface area contributed by atoms with Gasteiger partial charge in [-0.1, -0.05) is 13.8 Å². The lowest BCUT2D eigenvalue weighted by molar-refractivity contribution is -0.148. The van der Waals surface area contributed by atoms with Gasteiger partial charge >= 0.3 is 12.1 Å². The lowest BCUT2D eigenvalue weighted by atomic mass is 9.90. The molecule has 0 spiro atoms. The first kappa shape index (κ1) is 24.5. The van der Waals surface area contributed by atoms with Crippen molar-refractivity contribution in [3.8, 4) is 0 Å². The molecule has 1 aromatic carbocycles. The van der Waals surface area contributed by atoms with Crippen LogP contribution in [0.15, 0.2) is 12.4 Å². The third kappa shape index (κ3) is 5.30. The summed E-state index contributed by atoms with van der Waals surface area (Å²) in [7, 11) is 1.07. The maximum atomic E-state index is 14.2. The van der Waals surface area contributed by atoms with Gasteiger partial charge in [0.15, 0.2) is 23.3 Å². The summed E-state index contributed by atoms with van der Waals surface area (Å²) in [6.45, 7) is 1.19. The van der Waals surface area contributed by atoms with E-state index >= 15 is 0 Å². The smallest absolute Gasteiger partial charge is 0.451 e. The molecule has 0 N–H and O–H groups in total. The summed E-state index contributed by atoms with van der Waals surface area (Å²) >= 11 is 0. The molecule has 1 atom stereocenters. The second-order valence-electron chi connectivity index (χ2n) is 6.81. The van der Waals surface area contributed by atoms with Gasteiger partial charge in [0.05, 0.1) is 23.7 Å². The van der Waals surface area contributed by atoms with E-state index in [1.807, 2.05) is 0 Å². The van der Waals surface area contributed by atoms with Crippen LogP contribution in [-0.2, 0) is 33.7 Å². The lowest BCUT2D eigenvalue weighted by Gasteiger charge is -2.20. The number of alkyl halides is 3. The van der Waals surface area contributed by atoms with Crippen LogP contribution in [0.3, 0.4) is 0 Å². The Morgan fingerprint density at radius 2 is 1.39 bits per heavy atom. The number of methoxy groups -OCH3 is 1. The molecule has 31 heavy (non-hydrogen) atoms. The second-order valence-corrected chi connectivity index (χ2v) is 6.81. The van der Waals surface area contributed by atoms with E-state index in [0.29, 0.717) is 0 Å². The number of hydrogen-bond acceptors (Lipinski definition) is 5. The highest BCUT2D eigenvalue weighted by atomic mass is 19.4. The fourth-order valence-corrected chi connectivity index (χ4v) is 2.79. The maximum Gasteiger partial charge on any atom is 0.451 e. The van der Waals surface area contributed by atoms with Gasteiger partial charge in [0.2, 0.25) is 5.82 Å². The van der Waals surface area contributed by atoms with Crippen LogP contribution in [0, 0.1) is 29.2 Å². The summed E-state index contributed by atoms with van der Waals surface area (Å²) in [5, 5.41) is 0. The van der Waals surface area contributed by atoms with Crippen LogP contribution in [0.5, 0.6) is 0 Å². The molecule has 0 saturated heterocycles. The summed E-state index contributed by atoms with van der Waals surface area (Å²) in [5.41, 5.74) is -2.16. The summed E-state index contributed by atoms with van der Waals surface area (Å²) in [4.78, 5) is 18.8. The van der Waals surface area contributed by atoms with Crippen molar-refractivity contribution in [2.75, 3.05) is 7.11 Å². The largest absolute Gasteiger partial charge is 0.460 e. The van der Waals surface area contributed by atoms with Crippen molar-refractivity contribution in [1.82, 2.24) is 9.97 Å². The number of esters is 1. The summed E-state index contributed by atoms with van der Waals surface area (Å²) in [6, 6.07) is 0. The van der Waals surface area contributed by atoms with Crippen molar-refractivity contribution in [1.29, 1.82) is 0 Å². The van der Waals surface area contributed by atoms with E-state index in [2.05, 4.69) is 14.7 Å². The van der Waals surface area contributed by atoms with Crippen molar-refractivity contribution in [2.24, 2.45) is 5.92 Å². The van der Waals surface area contributed by atoms with Gasteiger partial charge in [-0.25, -0.2) is 27.5 Å². The van der Waals surface area contributed by atoms with Gasteiger partial charge in [0.25, 0.3) is 0 Å². The zero-order valence-corrected chi connectivity index (χ0v) is 16.5. The van der Waals surface area contributed by atoms with E-state index in [9.17, 15) is 35.5 Å². The van der Waals surface area contributed by atoms with Crippen LogP contribution in [0.4, 0.5) is 30.7 Å². The zero-order chi connectivity index (χ0) is 23.5. The summed E-state index contributed by atoms with van der Waals surface area (Å²) < 4.78 is 103. The standard InChI is InChI=1S/C19H17F7N2O3/c1-8(2)12(9-4-27-18(28-5-9)19(24,25)26)17(29)31-7-11-15(22)13(20)10(6-30-3)14(21)16(11)23/h4-5,8,12H,6-7H2,1-3H3. The molecule has 170 valence electrons. The molecule has 0 aliphatic heterocycles. The second kappa shape index (κ2) is 9.58. The monoisotopic (exact) mass is 454 g/mol.